The molecule has 0 heterocycles. The summed E-state index contributed by atoms with van der Waals surface area (Å²) in [6.45, 7) is 2.04. The molecule has 0 bridgehead atoms. The van der Waals surface area contributed by atoms with E-state index in [2.05, 4.69) is 10.6 Å². The summed E-state index contributed by atoms with van der Waals surface area (Å²) in [6.07, 6.45) is 8.60. The number of allylic oxidation sites excluding steroid dienone is 1. The van der Waals surface area contributed by atoms with Crippen LogP contribution in [-0.2, 0) is 4.74 Å². The van der Waals surface area contributed by atoms with Gasteiger partial charge in [-0.15, -0.1) is 0 Å². The maximum atomic E-state index is 11.9. The average Bonchev–Trinajstić information content (AvgIpc) is 3.01. The fourth-order valence-corrected chi connectivity index (χ4v) is 2.55. The van der Waals surface area contributed by atoms with Crippen LogP contribution in [0, 0.1) is 5.92 Å². The smallest absolute Gasteiger partial charge is 0.340 e. The van der Waals surface area contributed by atoms with Crippen LogP contribution in [0.3, 0.4) is 0 Å². The molecule has 0 atom stereocenters. The Morgan fingerprint density at radius 1 is 1.27 bits per heavy atom. The zero-order chi connectivity index (χ0) is 15.8. The quantitative estimate of drug-likeness (QED) is 0.815. The van der Waals surface area contributed by atoms with E-state index in [1.165, 1.54) is 25.7 Å². The van der Waals surface area contributed by atoms with Crippen molar-refractivity contribution < 1.29 is 14.3 Å². The summed E-state index contributed by atoms with van der Waals surface area (Å²) in [4.78, 5) is 23.7. The van der Waals surface area contributed by atoms with Crippen LogP contribution in [0.1, 0.15) is 43.0 Å². The molecule has 5 heteroatoms. The molecule has 0 unspecified atom stereocenters. The number of para-hydroxylation sites is 1. The lowest BCUT2D eigenvalue weighted by Crippen LogP contribution is -2.25. The zero-order valence-corrected chi connectivity index (χ0v) is 12.8. The first-order valence-corrected chi connectivity index (χ1v) is 7.71. The van der Waals surface area contributed by atoms with Gasteiger partial charge in [0.1, 0.15) is 0 Å². The van der Waals surface area contributed by atoms with E-state index in [0.717, 1.165) is 0 Å². The minimum Gasteiger partial charge on any atom is -0.462 e. The van der Waals surface area contributed by atoms with Gasteiger partial charge in [0.25, 0.3) is 0 Å². The number of ether oxygens (including phenoxy) is 1. The monoisotopic (exact) mass is 302 g/mol. The first-order chi connectivity index (χ1) is 10.7. The molecule has 2 N–H and O–H groups in total. The molecule has 1 fully saturated rings. The summed E-state index contributed by atoms with van der Waals surface area (Å²) in [6, 6.07) is 6.42. The van der Waals surface area contributed by atoms with Gasteiger partial charge in [-0.1, -0.05) is 31.1 Å². The van der Waals surface area contributed by atoms with E-state index in [4.69, 9.17) is 4.74 Å². The van der Waals surface area contributed by atoms with Gasteiger partial charge in [-0.2, -0.15) is 0 Å². The fraction of sp³-hybridized carbons (Fsp3) is 0.412. The van der Waals surface area contributed by atoms with Crippen LogP contribution in [-0.4, -0.2) is 18.6 Å². The van der Waals surface area contributed by atoms with Crippen molar-refractivity contribution in [3.05, 3.63) is 42.1 Å². The lowest BCUT2D eigenvalue weighted by atomic mass is 10.1. The summed E-state index contributed by atoms with van der Waals surface area (Å²) in [5.41, 5.74) is 0.784. The lowest BCUT2D eigenvalue weighted by Gasteiger charge is -2.10. The van der Waals surface area contributed by atoms with Crippen LogP contribution in [0.2, 0.25) is 0 Å². The first kappa shape index (κ1) is 16.1. The number of benzene rings is 1. The van der Waals surface area contributed by atoms with Crippen molar-refractivity contribution in [2.45, 2.75) is 32.6 Å². The molecule has 2 amide bonds. The number of hydrogen-bond acceptors (Lipinski definition) is 3. The molecule has 5 nitrogen and oxygen atoms in total. The largest absolute Gasteiger partial charge is 0.462 e. The average molecular weight is 302 g/mol. The van der Waals surface area contributed by atoms with Crippen molar-refractivity contribution in [2.24, 2.45) is 5.92 Å². The standard InChI is InChI=1S/C17H22N2O3/c1-2-22-16(20)14-9-5-6-10-15(14)19-17(21)18-12-11-13-7-3-4-8-13/h5-6,9-13H,2-4,7-8H2,1H3,(H2,18,19,21)/b12-11+. The molecule has 0 radical (unpaired) electrons. The second kappa shape index (κ2) is 8.22. The van der Waals surface area contributed by atoms with E-state index < -0.39 is 5.97 Å². The van der Waals surface area contributed by atoms with Crippen LogP contribution in [0.25, 0.3) is 0 Å². The van der Waals surface area contributed by atoms with E-state index in [0.29, 0.717) is 23.8 Å². The second-order valence-electron chi connectivity index (χ2n) is 5.27. The van der Waals surface area contributed by atoms with Crippen LogP contribution in [0.5, 0.6) is 0 Å². The molecule has 0 saturated heterocycles. The van der Waals surface area contributed by atoms with E-state index in [9.17, 15) is 9.59 Å². The third-order valence-corrected chi connectivity index (χ3v) is 3.65. The Kier molecular flexibility index (Phi) is 6.01. The van der Waals surface area contributed by atoms with E-state index in [1.807, 2.05) is 6.08 Å². The number of amides is 2. The van der Waals surface area contributed by atoms with Crippen molar-refractivity contribution >= 4 is 17.7 Å². The van der Waals surface area contributed by atoms with Gasteiger partial charge in [0.15, 0.2) is 0 Å². The van der Waals surface area contributed by atoms with Gasteiger partial charge >= 0.3 is 12.0 Å². The van der Waals surface area contributed by atoms with Crippen molar-refractivity contribution in [1.29, 1.82) is 0 Å². The highest BCUT2D eigenvalue weighted by molar-refractivity contribution is 6.00. The molecule has 0 aromatic heterocycles. The molecule has 1 aliphatic carbocycles. The Bertz CT molecular complexity index is 549. The second-order valence-corrected chi connectivity index (χ2v) is 5.27. The van der Waals surface area contributed by atoms with Gasteiger partial charge in [-0.25, -0.2) is 9.59 Å². The molecule has 1 saturated carbocycles. The highest BCUT2D eigenvalue weighted by Crippen LogP contribution is 2.25. The lowest BCUT2D eigenvalue weighted by molar-refractivity contribution is 0.0527. The first-order valence-electron chi connectivity index (χ1n) is 7.71. The molecule has 22 heavy (non-hydrogen) atoms. The number of carbonyl (C=O) groups is 2. The van der Waals surface area contributed by atoms with Gasteiger partial charge in [0.05, 0.1) is 17.9 Å². The normalized spacial score (nSPS) is 15.0. The van der Waals surface area contributed by atoms with E-state index in [1.54, 1.807) is 37.4 Å². The summed E-state index contributed by atoms with van der Waals surface area (Å²) < 4.78 is 4.97. The number of anilines is 1. The third-order valence-electron chi connectivity index (χ3n) is 3.65. The number of rotatable bonds is 5. The Labute approximate surface area is 130 Å². The fourth-order valence-electron chi connectivity index (χ4n) is 2.55. The SMILES string of the molecule is CCOC(=O)c1ccccc1NC(=O)N/C=C/C1CCCC1. The van der Waals surface area contributed by atoms with Crippen LogP contribution in [0.15, 0.2) is 36.5 Å². The van der Waals surface area contributed by atoms with Crippen molar-refractivity contribution in [3.8, 4) is 0 Å². The van der Waals surface area contributed by atoms with Crippen LogP contribution >= 0.6 is 0 Å². The predicted molar refractivity (Wildman–Crippen MR) is 85.7 cm³/mol. The Morgan fingerprint density at radius 2 is 2.00 bits per heavy atom. The van der Waals surface area contributed by atoms with Gasteiger partial charge in [0, 0.05) is 6.20 Å². The van der Waals surface area contributed by atoms with Gasteiger partial charge in [-0.05, 0) is 37.8 Å². The molecule has 2 rings (SSSR count). The molecule has 1 aromatic carbocycles. The van der Waals surface area contributed by atoms with Gasteiger partial charge in [-0.3, -0.25) is 0 Å². The van der Waals surface area contributed by atoms with Crippen molar-refractivity contribution in [2.75, 3.05) is 11.9 Å². The molecule has 0 aliphatic heterocycles. The highest BCUT2D eigenvalue weighted by Gasteiger charge is 2.14. The summed E-state index contributed by atoms with van der Waals surface area (Å²) in [5.74, 6) is 0.118. The van der Waals surface area contributed by atoms with Crippen molar-refractivity contribution in [3.63, 3.8) is 0 Å². The Morgan fingerprint density at radius 3 is 2.73 bits per heavy atom. The minimum atomic E-state index is -0.445. The summed E-state index contributed by atoms with van der Waals surface area (Å²) in [5, 5.41) is 5.35. The van der Waals surface area contributed by atoms with E-state index >= 15 is 0 Å². The molecular formula is C17H22N2O3. The number of carbonyl (C=O) groups excluding carboxylic acids is 2. The maximum Gasteiger partial charge on any atom is 0.340 e. The van der Waals surface area contributed by atoms with Crippen LogP contribution < -0.4 is 10.6 Å². The third kappa shape index (κ3) is 4.62. The number of esters is 1. The number of hydrogen-bond donors (Lipinski definition) is 2. The summed E-state index contributed by atoms with van der Waals surface area (Å²) in [7, 11) is 0. The Hall–Kier alpha value is -2.30. The van der Waals surface area contributed by atoms with E-state index in [-0.39, 0.29) is 6.03 Å². The highest BCUT2D eigenvalue weighted by atomic mass is 16.5. The Balaban J connectivity index is 1.92. The van der Waals surface area contributed by atoms with Crippen LogP contribution in [0.4, 0.5) is 10.5 Å². The van der Waals surface area contributed by atoms with Gasteiger partial charge in [0.2, 0.25) is 0 Å². The number of nitrogens with one attached hydrogen (secondary N) is 2. The molecular weight excluding hydrogens is 280 g/mol. The number of urea groups is 1. The van der Waals surface area contributed by atoms with Gasteiger partial charge < -0.3 is 15.4 Å². The topological polar surface area (TPSA) is 67.4 Å². The molecule has 1 aromatic rings. The van der Waals surface area contributed by atoms with Crippen molar-refractivity contribution in [1.82, 2.24) is 5.32 Å². The maximum absolute atomic E-state index is 11.9. The molecule has 118 valence electrons. The summed E-state index contributed by atoms with van der Waals surface area (Å²) >= 11 is 0. The molecule has 1 aliphatic rings. The predicted octanol–water partition coefficient (Wildman–Crippen LogP) is 3.69. The molecule has 0 spiro atoms. The minimum absolute atomic E-state index is 0.295. The zero-order valence-electron chi connectivity index (χ0n) is 12.8.